The van der Waals surface area contributed by atoms with Crippen LogP contribution >= 0.6 is 0 Å². The molecule has 0 N–H and O–H groups in total. The summed E-state index contributed by atoms with van der Waals surface area (Å²) in [6, 6.07) is 4.72. The zero-order valence-electron chi connectivity index (χ0n) is 15.6. The first kappa shape index (κ1) is 20.8. The van der Waals surface area contributed by atoms with Gasteiger partial charge in [0.15, 0.2) is 0 Å². The first-order valence-corrected chi connectivity index (χ1v) is 8.56. The van der Waals surface area contributed by atoms with Crippen molar-refractivity contribution in [1.82, 2.24) is 0 Å². The molecular weight excluding hydrogens is 348 g/mol. The summed E-state index contributed by atoms with van der Waals surface area (Å²) in [6.07, 6.45) is -4.46. The molecule has 1 saturated heterocycles. The molecule has 1 fully saturated rings. The van der Waals surface area contributed by atoms with E-state index in [1.54, 1.807) is 6.92 Å². The normalized spacial score (nSPS) is 20.1. The fraction of sp³-hybridized carbons (Fsp3) is 0.611. The number of benzene rings is 1. The molecule has 1 heterocycles. The molecule has 1 aromatic carbocycles. The number of alkyl halides is 3. The number of rotatable bonds is 5. The molecule has 1 atom stereocenters. The Morgan fingerprint density at radius 2 is 1.62 bits per heavy atom. The lowest BCUT2D eigenvalue weighted by Gasteiger charge is -2.32. The predicted octanol–water partition coefficient (Wildman–Crippen LogP) is 4.37. The Kier molecular flexibility index (Phi) is 5.78. The lowest BCUT2D eigenvalue weighted by molar-refractivity contribution is -0.143. The van der Waals surface area contributed by atoms with E-state index in [9.17, 15) is 18.0 Å². The fourth-order valence-corrected chi connectivity index (χ4v) is 2.74. The van der Waals surface area contributed by atoms with E-state index in [1.165, 1.54) is 12.1 Å². The molecule has 26 heavy (non-hydrogen) atoms. The molecule has 2 rings (SSSR count). The van der Waals surface area contributed by atoms with E-state index >= 15 is 0 Å². The SMILES string of the molecule is CCOC(=O)CC(B1OC(C)(C)C(C)(C)O1)c1ccc(C(F)(F)F)cc1. The van der Waals surface area contributed by atoms with Crippen LogP contribution in [0.2, 0.25) is 0 Å². The van der Waals surface area contributed by atoms with Crippen molar-refractivity contribution in [3.8, 4) is 0 Å². The van der Waals surface area contributed by atoms with Crippen molar-refractivity contribution in [2.24, 2.45) is 0 Å². The molecule has 0 saturated carbocycles. The van der Waals surface area contributed by atoms with E-state index < -0.39 is 41.8 Å². The highest BCUT2D eigenvalue weighted by Crippen LogP contribution is 2.42. The second-order valence-corrected chi connectivity index (χ2v) is 7.36. The van der Waals surface area contributed by atoms with Crippen LogP contribution in [0.5, 0.6) is 0 Å². The molecule has 0 spiro atoms. The van der Waals surface area contributed by atoms with E-state index in [1.807, 2.05) is 27.7 Å². The van der Waals surface area contributed by atoms with Gasteiger partial charge >= 0.3 is 19.3 Å². The van der Waals surface area contributed by atoms with E-state index in [0.717, 1.165) is 12.1 Å². The molecular formula is C18H24BF3O4. The number of esters is 1. The van der Waals surface area contributed by atoms with Gasteiger partial charge in [-0.2, -0.15) is 13.2 Å². The summed E-state index contributed by atoms with van der Waals surface area (Å²) in [5.74, 6) is -1.02. The Labute approximate surface area is 152 Å². The van der Waals surface area contributed by atoms with Gasteiger partial charge in [-0.3, -0.25) is 4.79 Å². The molecule has 0 aliphatic carbocycles. The molecule has 1 aliphatic heterocycles. The van der Waals surface area contributed by atoms with Gasteiger partial charge in [0.05, 0.1) is 29.8 Å². The zero-order valence-corrected chi connectivity index (χ0v) is 15.6. The van der Waals surface area contributed by atoms with Crippen LogP contribution in [0, 0.1) is 0 Å². The molecule has 1 unspecified atom stereocenters. The first-order valence-electron chi connectivity index (χ1n) is 8.56. The molecule has 144 valence electrons. The van der Waals surface area contributed by atoms with Crippen molar-refractivity contribution < 1.29 is 32.0 Å². The summed E-state index contributed by atoms with van der Waals surface area (Å²) in [6.45, 7) is 9.42. The standard InChI is InChI=1S/C18H24BF3O4/c1-6-24-15(23)11-14(19-25-16(2,3)17(4,5)26-19)12-7-9-13(10-8-12)18(20,21)22/h7-10,14H,6,11H2,1-5H3. The van der Waals surface area contributed by atoms with Gasteiger partial charge in [-0.1, -0.05) is 12.1 Å². The summed E-state index contributed by atoms with van der Waals surface area (Å²) in [5.41, 5.74) is -1.44. The number of halogens is 3. The van der Waals surface area contributed by atoms with Gasteiger partial charge in [0, 0.05) is 5.82 Å². The summed E-state index contributed by atoms with van der Waals surface area (Å²) >= 11 is 0. The molecule has 1 aromatic rings. The molecule has 0 aromatic heterocycles. The largest absolute Gasteiger partial charge is 0.466 e. The third kappa shape index (κ3) is 4.41. The van der Waals surface area contributed by atoms with Gasteiger partial charge < -0.3 is 14.0 Å². The van der Waals surface area contributed by atoms with Crippen LogP contribution in [0.15, 0.2) is 24.3 Å². The van der Waals surface area contributed by atoms with E-state index in [0.29, 0.717) is 5.56 Å². The molecule has 0 bridgehead atoms. The van der Waals surface area contributed by atoms with Gasteiger partial charge in [-0.15, -0.1) is 0 Å². The van der Waals surface area contributed by atoms with Crippen molar-refractivity contribution in [2.45, 2.75) is 64.2 Å². The minimum absolute atomic E-state index is 0.0456. The molecule has 1 aliphatic rings. The number of hydrogen-bond donors (Lipinski definition) is 0. The first-order chi connectivity index (χ1) is 11.9. The summed E-state index contributed by atoms with van der Waals surface area (Å²) < 4.78 is 55.5. The number of hydrogen-bond acceptors (Lipinski definition) is 4. The third-order valence-electron chi connectivity index (χ3n) is 4.96. The smallest absolute Gasteiger partial charge is 0.466 e. The van der Waals surface area contributed by atoms with Crippen LogP contribution in [0.3, 0.4) is 0 Å². The Balaban J connectivity index is 2.32. The van der Waals surface area contributed by atoms with Crippen molar-refractivity contribution in [3.63, 3.8) is 0 Å². The van der Waals surface area contributed by atoms with Crippen molar-refractivity contribution in [3.05, 3.63) is 35.4 Å². The fourth-order valence-electron chi connectivity index (χ4n) is 2.74. The average molecular weight is 372 g/mol. The van der Waals surface area contributed by atoms with Gasteiger partial charge in [-0.25, -0.2) is 0 Å². The lowest BCUT2D eigenvalue weighted by Crippen LogP contribution is -2.41. The minimum atomic E-state index is -4.42. The van der Waals surface area contributed by atoms with Crippen molar-refractivity contribution >= 4 is 13.1 Å². The maximum absolute atomic E-state index is 12.8. The second kappa shape index (κ2) is 7.23. The van der Waals surface area contributed by atoms with Gasteiger partial charge in [-0.05, 0) is 52.3 Å². The van der Waals surface area contributed by atoms with Crippen LogP contribution in [-0.2, 0) is 25.0 Å². The highest BCUT2D eigenvalue weighted by atomic mass is 19.4. The van der Waals surface area contributed by atoms with Gasteiger partial charge in [0.1, 0.15) is 0 Å². The van der Waals surface area contributed by atoms with Gasteiger partial charge in [0.25, 0.3) is 0 Å². The maximum atomic E-state index is 12.8. The Morgan fingerprint density at radius 1 is 1.12 bits per heavy atom. The summed E-state index contributed by atoms with van der Waals surface area (Å²) in [7, 11) is -0.763. The van der Waals surface area contributed by atoms with Crippen molar-refractivity contribution in [2.75, 3.05) is 6.61 Å². The van der Waals surface area contributed by atoms with Crippen LogP contribution in [0.4, 0.5) is 13.2 Å². The molecule has 4 nitrogen and oxygen atoms in total. The maximum Gasteiger partial charge on any atom is 0.466 e. The Bertz CT molecular complexity index is 625. The number of carbonyl (C=O) groups is 1. The molecule has 0 amide bonds. The zero-order chi connectivity index (χ0) is 19.8. The quantitative estimate of drug-likeness (QED) is 0.569. The monoisotopic (exact) mass is 372 g/mol. The highest BCUT2D eigenvalue weighted by molar-refractivity contribution is 6.48. The topological polar surface area (TPSA) is 44.8 Å². The van der Waals surface area contributed by atoms with Crippen molar-refractivity contribution in [1.29, 1.82) is 0 Å². The Hall–Kier alpha value is -1.54. The highest BCUT2D eigenvalue weighted by Gasteiger charge is 2.54. The summed E-state index contributed by atoms with van der Waals surface area (Å²) in [4.78, 5) is 12.0. The lowest BCUT2D eigenvalue weighted by atomic mass is 9.66. The average Bonchev–Trinajstić information content (AvgIpc) is 2.72. The van der Waals surface area contributed by atoms with E-state index in [2.05, 4.69) is 0 Å². The Morgan fingerprint density at radius 3 is 2.04 bits per heavy atom. The van der Waals surface area contributed by atoms with Crippen LogP contribution in [0.25, 0.3) is 0 Å². The van der Waals surface area contributed by atoms with Crippen LogP contribution in [-0.4, -0.2) is 30.9 Å². The number of ether oxygens (including phenoxy) is 1. The van der Waals surface area contributed by atoms with Crippen LogP contribution < -0.4 is 0 Å². The van der Waals surface area contributed by atoms with Crippen LogP contribution in [0.1, 0.15) is 58.0 Å². The van der Waals surface area contributed by atoms with E-state index in [-0.39, 0.29) is 13.0 Å². The molecule has 8 heteroatoms. The minimum Gasteiger partial charge on any atom is -0.466 e. The summed E-state index contributed by atoms with van der Waals surface area (Å²) in [5, 5.41) is 0. The van der Waals surface area contributed by atoms with Gasteiger partial charge in [0.2, 0.25) is 0 Å². The number of carbonyl (C=O) groups excluding carboxylic acids is 1. The molecule has 0 radical (unpaired) electrons. The third-order valence-corrected chi connectivity index (χ3v) is 4.96. The van der Waals surface area contributed by atoms with E-state index in [4.69, 9.17) is 14.0 Å². The second-order valence-electron chi connectivity index (χ2n) is 7.36. The predicted molar refractivity (Wildman–Crippen MR) is 91.5 cm³/mol.